The van der Waals surface area contributed by atoms with Crippen LogP contribution in [0, 0.1) is 10.8 Å². The topological polar surface area (TPSA) is 29.3 Å². The molecule has 0 saturated heterocycles. The molecular weight excluding hydrogens is 172 g/mol. The Labute approximate surface area is 89.9 Å². The first-order valence-electron chi connectivity index (χ1n) is 5.49. The molecule has 0 aliphatic heterocycles. The Morgan fingerprint density at radius 1 is 1.07 bits per heavy atom. The Hall–Kier alpha value is -0.0800. The normalized spacial score (nSPS) is 16.1. The first-order chi connectivity index (χ1) is 6.04. The van der Waals surface area contributed by atoms with Gasteiger partial charge >= 0.3 is 0 Å². The first kappa shape index (κ1) is 13.9. The lowest BCUT2D eigenvalue weighted by Gasteiger charge is -2.36. The van der Waals surface area contributed by atoms with E-state index in [0.717, 1.165) is 13.1 Å². The molecule has 2 nitrogen and oxygen atoms in total. The average molecular weight is 200 g/mol. The van der Waals surface area contributed by atoms with E-state index < -0.39 is 0 Å². The fourth-order valence-electron chi connectivity index (χ4n) is 1.71. The maximum absolute atomic E-state index is 5.96. The largest absolute Gasteiger partial charge is 0.327 e. The van der Waals surface area contributed by atoms with Gasteiger partial charge in [0, 0.05) is 19.1 Å². The minimum absolute atomic E-state index is 0.194. The fraction of sp³-hybridized carbons (Fsp3) is 1.00. The SMILES string of the molecule is CC(N)C(C)(C)CN(C)CC(C)(C)C. The van der Waals surface area contributed by atoms with Gasteiger partial charge in [-0.2, -0.15) is 0 Å². The number of hydrogen-bond donors (Lipinski definition) is 1. The van der Waals surface area contributed by atoms with Crippen LogP contribution in [0.3, 0.4) is 0 Å². The molecule has 0 fully saturated rings. The van der Waals surface area contributed by atoms with Crippen LogP contribution in [0.4, 0.5) is 0 Å². The lowest BCUT2D eigenvalue weighted by molar-refractivity contribution is 0.145. The second-order valence-corrected chi connectivity index (χ2v) is 6.51. The summed E-state index contributed by atoms with van der Waals surface area (Å²) < 4.78 is 0. The van der Waals surface area contributed by atoms with E-state index in [4.69, 9.17) is 5.73 Å². The van der Waals surface area contributed by atoms with Gasteiger partial charge in [-0.25, -0.2) is 0 Å². The summed E-state index contributed by atoms with van der Waals surface area (Å²) in [5.41, 5.74) is 6.51. The average Bonchev–Trinajstić information content (AvgIpc) is 1.79. The molecule has 0 bridgehead atoms. The van der Waals surface area contributed by atoms with Crippen LogP contribution in [0.25, 0.3) is 0 Å². The molecule has 0 aliphatic rings. The molecule has 0 aromatic rings. The second-order valence-electron chi connectivity index (χ2n) is 6.51. The van der Waals surface area contributed by atoms with Crippen molar-refractivity contribution in [3.63, 3.8) is 0 Å². The Bertz CT molecular complexity index is 166. The lowest BCUT2D eigenvalue weighted by Crippen LogP contribution is -2.44. The van der Waals surface area contributed by atoms with Crippen molar-refractivity contribution >= 4 is 0 Å². The number of nitrogens with two attached hydrogens (primary N) is 1. The highest BCUT2D eigenvalue weighted by Crippen LogP contribution is 2.22. The molecule has 1 unspecified atom stereocenters. The van der Waals surface area contributed by atoms with Gasteiger partial charge in [0.2, 0.25) is 0 Å². The van der Waals surface area contributed by atoms with Gasteiger partial charge in [-0.3, -0.25) is 0 Å². The summed E-state index contributed by atoms with van der Waals surface area (Å²) in [5.74, 6) is 0. The third-order valence-corrected chi connectivity index (χ3v) is 2.65. The summed E-state index contributed by atoms with van der Waals surface area (Å²) >= 11 is 0. The van der Waals surface area contributed by atoms with Crippen molar-refractivity contribution < 1.29 is 0 Å². The third-order valence-electron chi connectivity index (χ3n) is 2.65. The molecule has 1 atom stereocenters. The van der Waals surface area contributed by atoms with Crippen LogP contribution in [-0.2, 0) is 0 Å². The van der Waals surface area contributed by atoms with Gasteiger partial charge in [0.15, 0.2) is 0 Å². The van der Waals surface area contributed by atoms with Gasteiger partial charge < -0.3 is 10.6 Å². The Balaban J connectivity index is 4.12. The summed E-state index contributed by atoms with van der Waals surface area (Å²) in [6.07, 6.45) is 0. The van der Waals surface area contributed by atoms with Gasteiger partial charge in [0.1, 0.15) is 0 Å². The molecule has 0 saturated carbocycles. The van der Waals surface area contributed by atoms with Gasteiger partial charge in [0.05, 0.1) is 0 Å². The molecule has 86 valence electrons. The summed E-state index contributed by atoms with van der Waals surface area (Å²) in [6.45, 7) is 15.5. The molecule has 0 rings (SSSR count). The Kier molecular flexibility index (Phi) is 4.60. The highest BCUT2D eigenvalue weighted by atomic mass is 15.1. The van der Waals surface area contributed by atoms with E-state index in [0.29, 0.717) is 5.41 Å². The van der Waals surface area contributed by atoms with Gasteiger partial charge in [0.25, 0.3) is 0 Å². The standard InChI is InChI=1S/C12H28N2/c1-10(13)12(5,6)9-14(7)8-11(2,3)4/h10H,8-9,13H2,1-7H3. The monoisotopic (exact) mass is 200 g/mol. The van der Waals surface area contributed by atoms with Crippen molar-refractivity contribution in [3.8, 4) is 0 Å². The molecule has 0 aliphatic carbocycles. The van der Waals surface area contributed by atoms with E-state index in [1.165, 1.54) is 0 Å². The van der Waals surface area contributed by atoms with Crippen molar-refractivity contribution in [3.05, 3.63) is 0 Å². The van der Waals surface area contributed by atoms with Crippen LogP contribution in [0.5, 0.6) is 0 Å². The van der Waals surface area contributed by atoms with Crippen molar-refractivity contribution in [2.45, 2.75) is 47.6 Å². The van der Waals surface area contributed by atoms with Crippen molar-refractivity contribution in [2.75, 3.05) is 20.1 Å². The van der Waals surface area contributed by atoms with Gasteiger partial charge in [-0.1, -0.05) is 34.6 Å². The summed E-state index contributed by atoms with van der Waals surface area (Å²) in [4.78, 5) is 2.38. The maximum atomic E-state index is 5.96. The number of hydrogen-bond acceptors (Lipinski definition) is 2. The molecule has 0 amide bonds. The first-order valence-corrected chi connectivity index (χ1v) is 5.49. The highest BCUT2D eigenvalue weighted by molar-refractivity contribution is 4.81. The molecule has 0 spiro atoms. The Morgan fingerprint density at radius 2 is 1.50 bits per heavy atom. The minimum Gasteiger partial charge on any atom is -0.327 e. The molecule has 0 radical (unpaired) electrons. The smallest absolute Gasteiger partial charge is 0.00739 e. The van der Waals surface area contributed by atoms with E-state index in [1.807, 2.05) is 0 Å². The number of rotatable bonds is 4. The lowest BCUT2D eigenvalue weighted by atomic mass is 9.85. The molecule has 2 heteroatoms. The van der Waals surface area contributed by atoms with Gasteiger partial charge in [-0.05, 0) is 24.8 Å². The predicted octanol–water partition coefficient (Wildman–Crippen LogP) is 2.34. The minimum atomic E-state index is 0.194. The van der Waals surface area contributed by atoms with Crippen molar-refractivity contribution in [1.82, 2.24) is 4.90 Å². The van der Waals surface area contributed by atoms with Crippen LogP contribution in [-0.4, -0.2) is 31.1 Å². The van der Waals surface area contributed by atoms with Crippen LogP contribution >= 0.6 is 0 Å². The summed E-state index contributed by atoms with van der Waals surface area (Å²) in [7, 11) is 2.18. The molecule has 2 N–H and O–H groups in total. The zero-order chi connectivity index (χ0) is 11.6. The zero-order valence-corrected chi connectivity index (χ0v) is 11.0. The van der Waals surface area contributed by atoms with E-state index >= 15 is 0 Å². The second kappa shape index (κ2) is 4.63. The van der Waals surface area contributed by atoms with Crippen LogP contribution in [0.1, 0.15) is 41.5 Å². The third kappa shape index (κ3) is 5.61. The summed E-state index contributed by atoms with van der Waals surface area (Å²) in [5, 5.41) is 0. The summed E-state index contributed by atoms with van der Waals surface area (Å²) in [6, 6.07) is 0.241. The van der Waals surface area contributed by atoms with Crippen LogP contribution in [0.2, 0.25) is 0 Å². The molecular formula is C12H28N2. The Morgan fingerprint density at radius 3 is 1.79 bits per heavy atom. The molecule has 0 aromatic carbocycles. The van der Waals surface area contributed by atoms with Gasteiger partial charge in [-0.15, -0.1) is 0 Å². The predicted molar refractivity (Wildman–Crippen MR) is 64.4 cm³/mol. The van der Waals surface area contributed by atoms with Crippen LogP contribution < -0.4 is 5.73 Å². The zero-order valence-electron chi connectivity index (χ0n) is 11.0. The highest BCUT2D eigenvalue weighted by Gasteiger charge is 2.26. The number of nitrogens with zero attached hydrogens (tertiary/aromatic N) is 1. The van der Waals surface area contributed by atoms with E-state index in [1.54, 1.807) is 0 Å². The van der Waals surface area contributed by atoms with E-state index in [-0.39, 0.29) is 11.5 Å². The molecule has 14 heavy (non-hydrogen) atoms. The van der Waals surface area contributed by atoms with Crippen LogP contribution in [0.15, 0.2) is 0 Å². The van der Waals surface area contributed by atoms with E-state index in [9.17, 15) is 0 Å². The van der Waals surface area contributed by atoms with Crippen molar-refractivity contribution in [2.24, 2.45) is 16.6 Å². The quantitative estimate of drug-likeness (QED) is 0.755. The van der Waals surface area contributed by atoms with Crippen molar-refractivity contribution in [1.29, 1.82) is 0 Å². The molecule has 0 heterocycles. The van der Waals surface area contributed by atoms with E-state index in [2.05, 4.69) is 53.5 Å². The maximum Gasteiger partial charge on any atom is 0.00739 e. The molecule has 0 aromatic heterocycles. The fourth-order valence-corrected chi connectivity index (χ4v) is 1.71.